The van der Waals surface area contributed by atoms with Gasteiger partial charge in [0.05, 0.1) is 0 Å². The zero-order valence-corrected chi connectivity index (χ0v) is 10.1. The molecule has 1 aliphatic carbocycles. The van der Waals surface area contributed by atoms with Gasteiger partial charge >= 0.3 is 0 Å². The smallest absolute Gasteiger partial charge is 0.244 e. The standard InChI is InChI=1S/C14H18N2O/c1-2-10-16-12(11-6-4-3-5-7-11)15-14(8-9-14)13(16)17/h3-7,12,15H,2,8-10H2,1H3. The Labute approximate surface area is 102 Å². The molecule has 1 aromatic carbocycles. The Morgan fingerprint density at radius 1 is 1.35 bits per heavy atom. The number of nitrogens with one attached hydrogen (secondary N) is 1. The molecule has 1 saturated heterocycles. The fourth-order valence-electron chi connectivity index (χ4n) is 2.65. The minimum absolute atomic E-state index is 0.0751. The van der Waals surface area contributed by atoms with Crippen molar-refractivity contribution in [2.45, 2.75) is 37.9 Å². The van der Waals surface area contributed by atoms with Crippen molar-refractivity contribution >= 4 is 5.91 Å². The van der Waals surface area contributed by atoms with Crippen LogP contribution in [0.2, 0.25) is 0 Å². The molecule has 1 aromatic rings. The van der Waals surface area contributed by atoms with Crippen LogP contribution in [0.1, 0.15) is 37.9 Å². The molecule has 1 atom stereocenters. The van der Waals surface area contributed by atoms with Crippen LogP contribution in [0.5, 0.6) is 0 Å². The highest BCUT2D eigenvalue weighted by molar-refractivity contribution is 5.92. The van der Waals surface area contributed by atoms with Crippen molar-refractivity contribution in [3.05, 3.63) is 35.9 Å². The molecule has 1 N–H and O–H groups in total. The number of hydrogen-bond acceptors (Lipinski definition) is 2. The van der Waals surface area contributed by atoms with Crippen molar-refractivity contribution in [1.29, 1.82) is 0 Å². The van der Waals surface area contributed by atoms with Gasteiger partial charge in [-0.3, -0.25) is 10.1 Å². The average molecular weight is 230 g/mol. The predicted octanol–water partition coefficient (Wildman–Crippen LogP) is 2.06. The van der Waals surface area contributed by atoms with Crippen molar-refractivity contribution in [2.24, 2.45) is 0 Å². The lowest BCUT2D eigenvalue weighted by atomic mass is 10.1. The van der Waals surface area contributed by atoms with Crippen molar-refractivity contribution in [2.75, 3.05) is 6.54 Å². The number of hydrogen-bond donors (Lipinski definition) is 1. The first-order valence-electron chi connectivity index (χ1n) is 6.40. The second-order valence-corrected chi connectivity index (χ2v) is 5.04. The van der Waals surface area contributed by atoms with Crippen molar-refractivity contribution in [3.63, 3.8) is 0 Å². The molecule has 3 nitrogen and oxygen atoms in total. The monoisotopic (exact) mass is 230 g/mol. The summed E-state index contributed by atoms with van der Waals surface area (Å²) in [6.45, 7) is 2.96. The van der Waals surface area contributed by atoms with Gasteiger partial charge in [0.25, 0.3) is 0 Å². The molecule has 1 aliphatic heterocycles. The Morgan fingerprint density at radius 3 is 2.65 bits per heavy atom. The van der Waals surface area contributed by atoms with Gasteiger partial charge in [0, 0.05) is 6.54 Å². The van der Waals surface area contributed by atoms with E-state index in [0.29, 0.717) is 5.91 Å². The van der Waals surface area contributed by atoms with E-state index in [1.807, 2.05) is 23.1 Å². The Morgan fingerprint density at radius 2 is 2.06 bits per heavy atom. The summed E-state index contributed by atoms with van der Waals surface area (Å²) in [7, 11) is 0. The van der Waals surface area contributed by atoms with Crippen molar-refractivity contribution < 1.29 is 4.79 Å². The second-order valence-electron chi connectivity index (χ2n) is 5.04. The van der Waals surface area contributed by atoms with Crippen LogP contribution < -0.4 is 5.32 Å². The topological polar surface area (TPSA) is 32.3 Å². The third-order valence-corrected chi connectivity index (χ3v) is 3.72. The number of rotatable bonds is 3. The van der Waals surface area contributed by atoms with Gasteiger partial charge < -0.3 is 4.90 Å². The van der Waals surface area contributed by atoms with Crippen LogP contribution in [0.25, 0.3) is 0 Å². The molecule has 1 spiro atoms. The summed E-state index contributed by atoms with van der Waals surface area (Å²) in [5.41, 5.74) is 0.980. The van der Waals surface area contributed by atoms with E-state index in [0.717, 1.165) is 25.8 Å². The first kappa shape index (κ1) is 10.8. The molecule has 90 valence electrons. The van der Waals surface area contributed by atoms with Crippen LogP contribution in [0.3, 0.4) is 0 Å². The molecule has 2 aliphatic rings. The summed E-state index contributed by atoms with van der Waals surface area (Å²) in [5.74, 6) is 0.299. The summed E-state index contributed by atoms with van der Waals surface area (Å²) in [6.07, 6.45) is 3.07. The number of amides is 1. The number of carbonyl (C=O) groups excluding carboxylic acids is 1. The zero-order valence-electron chi connectivity index (χ0n) is 10.1. The van der Waals surface area contributed by atoms with E-state index >= 15 is 0 Å². The molecular formula is C14H18N2O. The molecule has 0 radical (unpaired) electrons. The minimum Gasteiger partial charge on any atom is -0.321 e. The summed E-state index contributed by atoms with van der Waals surface area (Å²) in [6, 6.07) is 10.3. The molecule has 3 heteroatoms. The van der Waals surface area contributed by atoms with Crippen molar-refractivity contribution in [1.82, 2.24) is 10.2 Å². The lowest BCUT2D eigenvalue weighted by Gasteiger charge is -2.23. The average Bonchev–Trinajstić information content (AvgIpc) is 3.09. The first-order chi connectivity index (χ1) is 8.27. The fraction of sp³-hybridized carbons (Fsp3) is 0.500. The van der Waals surface area contributed by atoms with Gasteiger partial charge in [-0.2, -0.15) is 0 Å². The van der Waals surface area contributed by atoms with E-state index in [9.17, 15) is 4.79 Å². The van der Waals surface area contributed by atoms with E-state index in [2.05, 4.69) is 24.4 Å². The Bertz CT molecular complexity index is 425. The maximum absolute atomic E-state index is 12.3. The highest BCUT2D eigenvalue weighted by Gasteiger charge is 2.58. The van der Waals surface area contributed by atoms with Gasteiger partial charge in [0.1, 0.15) is 11.7 Å². The molecule has 1 heterocycles. The molecule has 0 aromatic heterocycles. The van der Waals surface area contributed by atoms with Gasteiger partial charge in [0.2, 0.25) is 5.91 Å². The molecule has 17 heavy (non-hydrogen) atoms. The molecular weight excluding hydrogens is 212 g/mol. The first-order valence-corrected chi connectivity index (χ1v) is 6.40. The number of benzene rings is 1. The van der Waals surface area contributed by atoms with E-state index in [-0.39, 0.29) is 11.7 Å². The SMILES string of the molecule is CCCN1C(=O)C2(CC2)NC1c1ccccc1. The Kier molecular flexibility index (Phi) is 2.44. The maximum Gasteiger partial charge on any atom is 0.244 e. The van der Waals surface area contributed by atoms with Crippen molar-refractivity contribution in [3.8, 4) is 0 Å². The highest BCUT2D eigenvalue weighted by Crippen LogP contribution is 2.45. The van der Waals surface area contributed by atoms with Gasteiger partial charge in [-0.25, -0.2) is 0 Å². The predicted molar refractivity (Wildman–Crippen MR) is 66.3 cm³/mol. The zero-order chi connectivity index (χ0) is 11.9. The second kappa shape index (κ2) is 3.84. The lowest BCUT2D eigenvalue weighted by Crippen LogP contribution is -2.32. The third kappa shape index (κ3) is 1.65. The molecule has 3 rings (SSSR count). The Hall–Kier alpha value is -1.35. The van der Waals surface area contributed by atoms with Crippen LogP contribution in [-0.4, -0.2) is 22.9 Å². The maximum atomic E-state index is 12.3. The van der Waals surface area contributed by atoms with Crippen LogP contribution in [0.4, 0.5) is 0 Å². The summed E-state index contributed by atoms with van der Waals surface area (Å²) in [5, 5.41) is 3.52. The fourth-order valence-corrected chi connectivity index (χ4v) is 2.65. The summed E-state index contributed by atoms with van der Waals surface area (Å²) in [4.78, 5) is 14.3. The van der Waals surface area contributed by atoms with E-state index in [1.165, 1.54) is 5.56 Å². The normalized spacial score (nSPS) is 25.6. The van der Waals surface area contributed by atoms with Gasteiger partial charge in [-0.05, 0) is 24.8 Å². The van der Waals surface area contributed by atoms with Gasteiger partial charge in [0.15, 0.2) is 0 Å². The van der Waals surface area contributed by atoms with Crippen LogP contribution in [-0.2, 0) is 4.79 Å². The number of nitrogens with zero attached hydrogens (tertiary/aromatic N) is 1. The lowest BCUT2D eigenvalue weighted by molar-refractivity contribution is -0.130. The molecule has 0 bridgehead atoms. The highest BCUT2D eigenvalue weighted by atomic mass is 16.2. The largest absolute Gasteiger partial charge is 0.321 e. The number of carbonyl (C=O) groups is 1. The van der Waals surface area contributed by atoms with Crippen LogP contribution in [0, 0.1) is 0 Å². The molecule has 1 saturated carbocycles. The minimum atomic E-state index is -0.213. The van der Waals surface area contributed by atoms with E-state index in [1.54, 1.807) is 0 Å². The quantitative estimate of drug-likeness (QED) is 0.862. The van der Waals surface area contributed by atoms with Gasteiger partial charge in [-0.15, -0.1) is 0 Å². The third-order valence-electron chi connectivity index (χ3n) is 3.72. The molecule has 1 unspecified atom stereocenters. The molecule has 1 amide bonds. The van der Waals surface area contributed by atoms with Crippen LogP contribution in [0.15, 0.2) is 30.3 Å². The molecule has 2 fully saturated rings. The summed E-state index contributed by atoms with van der Waals surface area (Å²) < 4.78 is 0. The van der Waals surface area contributed by atoms with E-state index < -0.39 is 0 Å². The van der Waals surface area contributed by atoms with Crippen LogP contribution >= 0.6 is 0 Å². The summed E-state index contributed by atoms with van der Waals surface area (Å²) >= 11 is 0. The van der Waals surface area contributed by atoms with E-state index in [4.69, 9.17) is 0 Å². The van der Waals surface area contributed by atoms with Gasteiger partial charge in [-0.1, -0.05) is 37.3 Å². The Balaban J connectivity index is 1.90.